The lowest BCUT2D eigenvalue weighted by Crippen LogP contribution is -2.14. The normalized spacial score (nSPS) is 10.6. The topological polar surface area (TPSA) is 95.8 Å². The fourth-order valence-electron chi connectivity index (χ4n) is 2.79. The van der Waals surface area contributed by atoms with Crippen LogP contribution in [0.3, 0.4) is 0 Å². The number of nitrogens with two attached hydrogens (primary N) is 1. The number of aromatic nitrogens is 2. The van der Waals surface area contributed by atoms with Crippen LogP contribution in [0.4, 0.5) is 23.0 Å². The third-order valence-electron chi connectivity index (χ3n) is 4.07. The van der Waals surface area contributed by atoms with Crippen molar-refractivity contribution in [1.82, 2.24) is 10.2 Å². The van der Waals surface area contributed by atoms with Crippen LogP contribution in [0.5, 0.6) is 0 Å². The zero-order valence-electron chi connectivity index (χ0n) is 13.9. The summed E-state index contributed by atoms with van der Waals surface area (Å²) in [5.74, 6) is 0.263. The Balaban J connectivity index is 1.60. The van der Waals surface area contributed by atoms with Gasteiger partial charge in [-0.3, -0.25) is 9.89 Å². The van der Waals surface area contributed by atoms with E-state index in [9.17, 15) is 4.79 Å². The van der Waals surface area contributed by atoms with Gasteiger partial charge >= 0.3 is 0 Å². The number of benzene rings is 3. The molecular formula is C20H17N5O. The molecule has 0 unspecified atom stereocenters. The summed E-state index contributed by atoms with van der Waals surface area (Å²) in [6, 6.07) is 23.2. The van der Waals surface area contributed by atoms with Crippen LogP contribution < -0.4 is 16.4 Å². The van der Waals surface area contributed by atoms with E-state index >= 15 is 0 Å². The van der Waals surface area contributed by atoms with Crippen LogP contribution in [0.25, 0.3) is 10.8 Å². The summed E-state index contributed by atoms with van der Waals surface area (Å²) in [4.78, 5) is 12.8. The molecule has 6 nitrogen and oxygen atoms in total. The van der Waals surface area contributed by atoms with Gasteiger partial charge in [0.05, 0.1) is 0 Å². The molecule has 3 aromatic carbocycles. The number of carbonyl (C=O) groups is 1. The molecule has 6 heteroatoms. The third kappa shape index (κ3) is 3.08. The van der Waals surface area contributed by atoms with Gasteiger partial charge in [-0.15, -0.1) is 0 Å². The molecule has 0 fully saturated rings. The van der Waals surface area contributed by atoms with Crippen molar-refractivity contribution >= 4 is 39.7 Å². The molecule has 0 saturated heterocycles. The fraction of sp³-hybridized carbons (Fsp3) is 0. The van der Waals surface area contributed by atoms with Crippen LogP contribution in [0.2, 0.25) is 0 Å². The Morgan fingerprint density at radius 2 is 1.62 bits per heavy atom. The number of rotatable bonds is 4. The number of aromatic amines is 1. The SMILES string of the molecule is Nc1[nH]nc(Nc2ccccc2)c1C(=O)Nc1ccc2ccccc2c1. The molecule has 0 saturated carbocycles. The highest BCUT2D eigenvalue weighted by atomic mass is 16.1. The van der Waals surface area contributed by atoms with Gasteiger partial charge in [0.1, 0.15) is 11.4 Å². The van der Waals surface area contributed by atoms with Crippen LogP contribution in [0.15, 0.2) is 72.8 Å². The molecule has 0 aliphatic carbocycles. The average molecular weight is 343 g/mol. The average Bonchev–Trinajstić information content (AvgIpc) is 3.02. The smallest absolute Gasteiger partial charge is 0.263 e. The van der Waals surface area contributed by atoms with Crippen molar-refractivity contribution in [2.75, 3.05) is 16.4 Å². The molecule has 4 aromatic rings. The van der Waals surface area contributed by atoms with E-state index in [4.69, 9.17) is 5.73 Å². The van der Waals surface area contributed by atoms with Crippen molar-refractivity contribution < 1.29 is 4.79 Å². The molecule has 0 aliphatic heterocycles. The van der Waals surface area contributed by atoms with Crippen LogP contribution >= 0.6 is 0 Å². The lowest BCUT2D eigenvalue weighted by Gasteiger charge is -2.09. The summed E-state index contributed by atoms with van der Waals surface area (Å²) in [5, 5.41) is 14.9. The van der Waals surface area contributed by atoms with E-state index in [0.717, 1.165) is 16.5 Å². The van der Waals surface area contributed by atoms with Crippen LogP contribution in [-0.4, -0.2) is 16.1 Å². The first-order chi connectivity index (χ1) is 12.7. The summed E-state index contributed by atoms with van der Waals surface area (Å²) in [5.41, 5.74) is 7.71. The van der Waals surface area contributed by atoms with E-state index in [0.29, 0.717) is 11.5 Å². The number of amides is 1. The molecule has 0 aliphatic rings. The van der Waals surface area contributed by atoms with Crippen molar-refractivity contribution in [3.8, 4) is 0 Å². The molecule has 1 amide bonds. The molecule has 0 atom stereocenters. The van der Waals surface area contributed by atoms with Gasteiger partial charge in [-0.25, -0.2) is 0 Å². The Labute approximate surface area is 150 Å². The Bertz CT molecular complexity index is 1070. The molecule has 0 bridgehead atoms. The van der Waals surface area contributed by atoms with Crippen molar-refractivity contribution in [3.05, 3.63) is 78.4 Å². The molecule has 26 heavy (non-hydrogen) atoms. The quantitative estimate of drug-likeness (QED) is 0.448. The zero-order valence-corrected chi connectivity index (χ0v) is 13.9. The van der Waals surface area contributed by atoms with Crippen LogP contribution in [-0.2, 0) is 0 Å². The molecule has 4 rings (SSSR count). The van der Waals surface area contributed by atoms with Gasteiger partial charge in [0.2, 0.25) is 0 Å². The minimum Gasteiger partial charge on any atom is -0.383 e. The first-order valence-corrected chi connectivity index (χ1v) is 8.17. The summed E-state index contributed by atoms with van der Waals surface area (Å²) in [6.07, 6.45) is 0. The highest BCUT2D eigenvalue weighted by Gasteiger charge is 2.19. The van der Waals surface area contributed by atoms with Gasteiger partial charge in [-0.05, 0) is 35.0 Å². The highest BCUT2D eigenvalue weighted by Crippen LogP contribution is 2.25. The Morgan fingerprint density at radius 1 is 0.885 bits per heavy atom. The number of nitrogen functional groups attached to an aromatic ring is 1. The molecule has 128 valence electrons. The van der Waals surface area contributed by atoms with E-state index in [1.165, 1.54) is 0 Å². The van der Waals surface area contributed by atoms with Crippen molar-refractivity contribution in [2.45, 2.75) is 0 Å². The van der Waals surface area contributed by atoms with E-state index in [-0.39, 0.29) is 17.3 Å². The minimum atomic E-state index is -0.329. The van der Waals surface area contributed by atoms with Gasteiger partial charge in [-0.1, -0.05) is 48.5 Å². The number of nitrogens with one attached hydrogen (secondary N) is 3. The van der Waals surface area contributed by atoms with E-state index in [1.807, 2.05) is 72.8 Å². The fourth-order valence-corrected chi connectivity index (χ4v) is 2.79. The minimum absolute atomic E-state index is 0.210. The Hall–Kier alpha value is -3.80. The third-order valence-corrected chi connectivity index (χ3v) is 4.07. The molecule has 5 N–H and O–H groups in total. The van der Waals surface area contributed by atoms with Crippen molar-refractivity contribution in [1.29, 1.82) is 0 Å². The number of para-hydroxylation sites is 1. The summed E-state index contributed by atoms with van der Waals surface area (Å²) < 4.78 is 0. The first-order valence-electron chi connectivity index (χ1n) is 8.17. The van der Waals surface area contributed by atoms with Crippen molar-refractivity contribution in [2.24, 2.45) is 0 Å². The standard InChI is InChI=1S/C20H17N5O/c21-18-17(19(25-24-18)22-15-8-2-1-3-9-15)20(26)23-16-11-10-13-6-4-5-7-14(13)12-16/h1-12H,(H,23,26)(H4,21,22,24,25). The maximum absolute atomic E-state index is 12.8. The lowest BCUT2D eigenvalue weighted by molar-refractivity contribution is 0.102. The second-order valence-corrected chi connectivity index (χ2v) is 5.87. The number of nitrogens with zero attached hydrogens (tertiary/aromatic N) is 1. The first kappa shape index (κ1) is 15.7. The van der Waals surface area contributed by atoms with Crippen LogP contribution in [0.1, 0.15) is 10.4 Å². The van der Waals surface area contributed by atoms with Crippen LogP contribution in [0, 0.1) is 0 Å². The van der Waals surface area contributed by atoms with Gasteiger partial charge in [0.25, 0.3) is 5.91 Å². The lowest BCUT2D eigenvalue weighted by atomic mass is 10.1. The Kier molecular flexibility index (Phi) is 3.99. The maximum atomic E-state index is 12.8. The molecule has 1 heterocycles. The van der Waals surface area contributed by atoms with E-state index in [1.54, 1.807) is 0 Å². The van der Waals surface area contributed by atoms with E-state index in [2.05, 4.69) is 20.8 Å². The number of carbonyl (C=O) groups excluding carboxylic acids is 1. The number of hydrogen-bond donors (Lipinski definition) is 4. The maximum Gasteiger partial charge on any atom is 0.263 e. The molecule has 1 aromatic heterocycles. The highest BCUT2D eigenvalue weighted by molar-refractivity contribution is 6.11. The van der Waals surface area contributed by atoms with Gasteiger partial charge < -0.3 is 16.4 Å². The number of H-pyrrole nitrogens is 1. The molecule has 0 spiro atoms. The van der Waals surface area contributed by atoms with E-state index < -0.39 is 0 Å². The predicted octanol–water partition coefficient (Wildman–Crippen LogP) is 4.14. The Morgan fingerprint density at radius 3 is 2.42 bits per heavy atom. The predicted molar refractivity (Wildman–Crippen MR) is 105 cm³/mol. The summed E-state index contributed by atoms with van der Waals surface area (Å²) in [6.45, 7) is 0. The van der Waals surface area contributed by atoms with Gasteiger partial charge in [-0.2, -0.15) is 5.10 Å². The monoisotopic (exact) mass is 343 g/mol. The zero-order chi connectivity index (χ0) is 17.9. The number of fused-ring (bicyclic) bond motifs is 1. The van der Waals surface area contributed by atoms with Crippen molar-refractivity contribution in [3.63, 3.8) is 0 Å². The number of hydrogen-bond acceptors (Lipinski definition) is 4. The second-order valence-electron chi connectivity index (χ2n) is 5.87. The summed E-state index contributed by atoms with van der Waals surface area (Å²) >= 11 is 0. The number of anilines is 4. The molecule has 0 radical (unpaired) electrons. The van der Waals surface area contributed by atoms with Gasteiger partial charge in [0, 0.05) is 11.4 Å². The molecular weight excluding hydrogens is 326 g/mol. The largest absolute Gasteiger partial charge is 0.383 e. The second kappa shape index (κ2) is 6.60. The van der Waals surface area contributed by atoms with Gasteiger partial charge in [0.15, 0.2) is 5.82 Å². The summed E-state index contributed by atoms with van der Waals surface area (Å²) in [7, 11) is 0.